The number of nitrogens with zero attached hydrogens (tertiary/aromatic N) is 2. The van der Waals surface area contributed by atoms with Gasteiger partial charge in [0.2, 0.25) is 0 Å². The van der Waals surface area contributed by atoms with Crippen molar-refractivity contribution in [2.75, 3.05) is 11.9 Å². The second kappa shape index (κ2) is 6.88. The van der Waals surface area contributed by atoms with Gasteiger partial charge in [-0.25, -0.2) is 13.8 Å². The summed E-state index contributed by atoms with van der Waals surface area (Å²) < 4.78 is 34.0. The smallest absolute Gasteiger partial charge is 0.274 e. The van der Waals surface area contributed by atoms with Gasteiger partial charge in [-0.3, -0.25) is 9.20 Å². The van der Waals surface area contributed by atoms with Crippen LogP contribution in [0.25, 0.3) is 5.65 Å². The zero-order valence-corrected chi connectivity index (χ0v) is 13.8. The van der Waals surface area contributed by atoms with Crippen molar-refractivity contribution in [1.82, 2.24) is 9.38 Å². The molecule has 0 saturated heterocycles. The van der Waals surface area contributed by atoms with Gasteiger partial charge in [0.15, 0.2) is 11.4 Å². The molecule has 0 bridgehead atoms. The molecule has 0 unspecified atom stereocenters. The molecule has 2 heterocycles. The largest absolute Gasteiger partial charge is 0.490 e. The van der Waals surface area contributed by atoms with E-state index in [1.165, 1.54) is 6.07 Å². The molecule has 0 saturated carbocycles. The first-order valence-electron chi connectivity index (χ1n) is 7.94. The second-order valence-electron chi connectivity index (χ2n) is 5.34. The molecule has 0 spiro atoms. The Kier molecular flexibility index (Phi) is 4.65. The van der Waals surface area contributed by atoms with E-state index in [0.717, 1.165) is 12.1 Å². The molecule has 25 heavy (non-hydrogen) atoms. The van der Waals surface area contributed by atoms with E-state index >= 15 is 0 Å². The van der Waals surface area contributed by atoms with Crippen molar-refractivity contribution in [3.05, 3.63) is 59.6 Å². The van der Waals surface area contributed by atoms with E-state index in [2.05, 4.69) is 10.3 Å². The van der Waals surface area contributed by atoms with Gasteiger partial charge < -0.3 is 10.1 Å². The lowest BCUT2D eigenvalue weighted by atomic mass is 10.2. The number of carbonyl (C=O) groups is 1. The number of carbonyl (C=O) groups excluding carboxylic acids is 1. The first-order chi connectivity index (χ1) is 12.0. The van der Waals surface area contributed by atoms with Gasteiger partial charge in [-0.2, -0.15) is 0 Å². The molecule has 0 aliphatic carbocycles. The Morgan fingerprint density at radius 2 is 2.08 bits per heavy atom. The number of benzene rings is 1. The average molecular weight is 345 g/mol. The van der Waals surface area contributed by atoms with Crippen LogP contribution < -0.4 is 10.1 Å². The van der Waals surface area contributed by atoms with Crippen molar-refractivity contribution in [2.24, 2.45) is 0 Å². The summed E-state index contributed by atoms with van der Waals surface area (Å²) >= 11 is 0. The summed E-state index contributed by atoms with van der Waals surface area (Å²) in [6.45, 7) is 4.20. The van der Waals surface area contributed by atoms with Crippen LogP contribution in [0.15, 0.2) is 36.5 Å². The summed E-state index contributed by atoms with van der Waals surface area (Å²) in [6, 6.07) is 6.50. The highest BCUT2D eigenvalue weighted by Gasteiger charge is 2.21. The standard InChI is InChI=1S/C18H17F2N3O2/c1-3-13-16(18(24)22-14-8-7-11(19)10-12(14)20)23-9-5-6-15(25-4-2)17(23)21-13/h5-10H,3-4H2,1-2H3,(H,22,24). The number of aromatic nitrogens is 2. The summed E-state index contributed by atoms with van der Waals surface area (Å²) in [5.41, 5.74) is 1.28. The van der Waals surface area contributed by atoms with E-state index in [4.69, 9.17) is 4.74 Å². The Bertz CT molecular complexity index is 937. The molecule has 2 aromatic heterocycles. The molecule has 3 rings (SSSR count). The van der Waals surface area contributed by atoms with Crippen LogP contribution in [0.3, 0.4) is 0 Å². The summed E-state index contributed by atoms with van der Waals surface area (Å²) in [4.78, 5) is 17.2. The van der Waals surface area contributed by atoms with Gasteiger partial charge >= 0.3 is 0 Å². The number of hydrogen-bond acceptors (Lipinski definition) is 3. The summed E-state index contributed by atoms with van der Waals surface area (Å²) in [5, 5.41) is 2.48. The molecule has 0 fully saturated rings. The highest BCUT2D eigenvalue weighted by molar-refractivity contribution is 6.04. The maximum atomic E-state index is 13.8. The summed E-state index contributed by atoms with van der Waals surface area (Å²) in [5.74, 6) is -1.51. The van der Waals surface area contributed by atoms with Gasteiger partial charge in [0.1, 0.15) is 17.3 Å². The fraction of sp³-hybridized carbons (Fsp3) is 0.222. The quantitative estimate of drug-likeness (QED) is 0.765. The molecule has 130 valence electrons. The van der Waals surface area contributed by atoms with Crippen LogP contribution in [-0.4, -0.2) is 21.9 Å². The minimum atomic E-state index is -0.838. The van der Waals surface area contributed by atoms with Crippen molar-refractivity contribution >= 4 is 17.2 Å². The van der Waals surface area contributed by atoms with E-state index in [0.29, 0.717) is 35.8 Å². The first kappa shape index (κ1) is 16.9. The molecule has 1 aromatic carbocycles. The van der Waals surface area contributed by atoms with Gasteiger partial charge in [0.05, 0.1) is 18.0 Å². The van der Waals surface area contributed by atoms with Crippen LogP contribution in [-0.2, 0) is 6.42 Å². The molecule has 3 aromatic rings. The van der Waals surface area contributed by atoms with Gasteiger partial charge in [-0.15, -0.1) is 0 Å². The third kappa shape index (κ3) is 3.17. The third-order valence-corrected chi connectivity index (χ3v) is 3.72. The topological polar surface area (TPSA) is 55.6 Å². The molecule has 1 amide bonds. The molecule has 0 aliphatic heterocycles. The SMILES string of the molecule is CCOc1cccn2c(C(=O)Nc3ccc(F)cc3F)c(CC)nc12. The Hall–Kier alpha value is -2.96. The molecular weight excluding hydrogens is 328 g/mol. The highest BCUT2D eigenvalue weighted by atomic mass is 19.1. The predicted molar refractivity (Wildman–Crippen MR) is 90.1 cm³/mol. The van der Waals surface area contributed by atoms with Crippen molar-refractivity contribution < 1.29 is 18.3 Å². The molecule has 5 nitrogen and oxygen atoms in total. The number of anilines is 1. The third-order valence-electron chi connectivity index (χ3n) is 3.72. The van der Waals surface area contributed by atoms with Crippen molar-refractivity contribution in [1.29, 1.82) is 0 Å². The van der Waals surface area contributed by atoms with Crippen molar-refractivity contribution in [3.63, 3.8) is 0 Å². The average Bonchev–Trinajstić information content (AvgIpc) is 2.97. The predicted octanol–water partition coefficient (Wildman–Crippen LogP) is 3.83. The number of imidazole rings is 1. The van der Waals surface area contributed by atoms with E-state index in [1.54, 1.807) is 22.7 Å². The van der Waals surface area contributed by atoms with E-state index in [1.807, 2.05) is 13.8 Å². The number of aryl methyl sites for hydroxylation is 1. The van der Waals surface area contributed by atoms with Gasteiger partial charge in [0.25, 0.3) is 5.91 Å². The lowest BCUT2D eigenvalue weighted by molar-refractivity contribution is 0.102. The van der Waals surface area contributed by atoms with E-state index < -0.39 is 17.5 Å². The number of halogens is 2. The van der Waals surface area contributed by atoms with Crippen LogP contribution in [0.4, 0.5) is 14.5 Å². The normalized spacial score (nSPS) is 10.9. The van der Waals surface area contributed by atoms with Crippen molar-refractivity contribution in [2.45, 2.75) is 20.3 Å². The van der Waals surface area contributed by atoms with Crippen molar-refractivity contribution in [3.8, 4) is 5.75 Å². The Labute approximate surface area is 143 Å². The van der Waals surface area contributed by atoms with Crippen LogP contribution in [0.1, 0.15) is 30.0 Å². The Morgan fingerprint density at radius 3 is 2.76 bits per heavy atom. The number of ether oxygens (including phenoxy) is 1. The van der Waals surface area contributed by atoms with Crippen LogP contribution in [0, 0.1) is 11.6 Å². The summed E-state index contributed by atoms with van der Waals surface area (Å²) in [6.07, 6.45) is 2.21. The zero-order chi connectivity index (χ0) is 18.0. The Balaban J connectivity index is 2.04. The van der Waals surface area contributed by atoms with Crippen LogP contribution in [0.2, 0.25) is 0 Å². The van der Waals surface area contributed by atoms with Crippen LogP contribution in [0.5, 0.6) is 5.75 Å². The van der Waals surface area contributed by atoms with E-state index in [9.17, 15) is 13.6 Å². The fourth-order valence-electron chi connectivity index (χ4n) is 2.62. The van der Waals surface area contributed by atoms with Gasteiger partial charge in [-0.1, -0.05) is 6.92 Å². The number of pyridine rings is 1. The minimum Gasteiger partial charge on any atom is -0.490 e. The minimum absolute atomic E-state index is 0.0932. The number of rotatable bonds is 5. The second-order valence-corrected chi connectivity index (χ2v) is 5.34. The number of nitrogens with one attached hydrogen (secondary N) is 1. The molecule has 0 aliphatic rings. The fourth-order valence-corrected chi connectivity index (χ4v) is 2.62. The lowest BCUT2D eigenvalue weighted by Gasteiger charge is -2.08. The number of hydrogen-bond donors (Lipinski definition) is 1. The monoisotopic (exact) mass is 345 g/mol. The molecule has 7 heteroatoms. The molecule has 1 N–H and O–H groups in total. The maximum Gasteiger partial charge on any atom is 0.274 e. The van der Waals surface area contributed by atoms with Gasteiger partial charge in [-0.05, 0) is 37.6 Å². The van der Waals surface area contributed by atoms with E-state index in [-0.39, 0.29) is 5.69 Å². The zero-order valence-electron chi connectivity index (χ0n) is 13.8. The maximum absolute atomic E-state index is 13.8. The number of amides is 1. The summed E-state index contributed by atoms with van der Waals surface area (Å²) in [7, 11) is 0. The molecular formula is C18H17F2N3O2. The first-order valence-corrected chi connectivity index (χ1v) is 7.94. The molecule has 0 atom stereocenters. The van der Waals surface area contributed by atoms with Gasteiger partial charge in [0, 0.05) is 12.3 Å². The number of fused-ring (bicyclic) bond motifs is 1. The Morgan fingerprint density at radius 1 is 1.28 bits per heavy atom. The highest BCUT2D eigenvalue weighted by Crippen LogP contribution is 2.24. The van der Waals surface area contributed by atoms with Crippen LogP contribution >= 0.6 is 0 Å². The molecule has 0 radical (unpaired) electrons. The lowest BCUT2D eigenvalue weighted by Crippen LogP contribution is -2.17.